The molecule has 0 heterocycles. The number of nitrogens with one attached hydrogen (secondary N) is 1. The Hall–Kier alpha value is -0.243. The summed E-state index contributed by atoms with van der Waals surface area (Å²) in [7, 11) is -1.75. The molecule has 118 valence electrons. The van der Waals surface area contributed by atoms with Gasteiger partial charge in [0.1, 0.15) is 0 Å². The molecule has 2 atom stereocenters. The summed E-state index contributed by atoms with van der Waals surface area (Å²) in [6.45, 7) is 11.8. The molecule has 0 aromatic heterocycles. The molecule has 1 fully saturated rings. The van der Waals surface area contributed by atoms with Crippen molar-refractivity contribution in [1.29, 1.82) is 0 Å². The summed E-state index contributed by atoms with van der Waals surface area (Å²) in [5.41, 5.74) is 0.970. The summed E-state index contributed by atoms with van der Waals surface area (Å²) in [5.74, 6) is 0.272. The third-order valence-electron chi connectivity index (χ3n) is 4.43. The van der Waals surface area contributed by atoms with Crippen LogP contribution in [0.5, 0.6) is 0 Å². The fourth-order valence-electron chi connectivity index (χ4n) is 2.02. The zero-order valence-corrected chi connectivity index (χ0v) is 15.0. The van der Waals surface area contributed by atoms with E-state index in [4.69, 9.17) is 8.98 Å². The molecule has 1 aliphatic carbocycles. The standard InChI is InChI=1S/C13H28N2O3SSi/c1-13(2,3)20(4,5)18-10-11-8-6-7-9-12(11)14-15-19(16)17/h11,15H,6-10H2,1-5H3,(H,16,17)/b14-12+. The lowest BCUT2D eigenvalue weighted by Crippen LogP contribution is -2.43. The highest BCUT2D eigenvalue weighted by molar-refractivity contribution is 7.77. The Kier molecular flexibility index (Phi) is 6.37. The zero-order valence-electron chi connectivity index (χ0n) is 13.2. The molecule has 0 amide bonds. The molecule has 7 heteroatoms. The van der Waals surface area contributed by atoms with Crippen molar-refractivity contribution in [3.8, 4) is 0 Å². The molecule has 1 saturated carbocycles. The highest BCUT2D eigenvalue weighted by Crippen LogP contribution is 2.37. The Morgan fingerprint density at radius 3 is 2.65 bits per heavy atom. The summed E-state index contributed by atoms with van der Waals surface area (Å²) in [4.78, 5) is 2.24. The maximum absolute atomic E-state index is 10.7. The zero-order chi connectivity index (χ0) is 15.4. The fourth-order valence-corrected chi connectivity index (χ4v) is 3.26. The van der Waals surface area contributed by atoms with Crippen LogP contribution in [0, 0.1) is 5.92 Å². The minimum atomic E-state index is -2.09. The molecule has 0 aromatic carbocycles. The predicted molar refractivity (Wildman–Crippen MR) is 86.4 cm³/mol. The van der Waals surface area contributed by atoms with Gasteiger partial charge in [-0.3, -0.25) is 4.55 Å². The normalized spacial score (nSPS) is 24.7. The summed E-state index contributed by atoms with van der Waals surface area (Å²) < 4.78 is 25.7. The molecule has 5 nitrogen and oxygen atoms in total. The van der Waals surface area contributed by atoms with Crippen molar-refractivity contribution in [2.45, 2.75) is 64.6 Å². The smallest absolute Gasteiger partial charge is 0.275 e. The SMILES string of the molecule is CC(C)(C)[Si](C)(C)OCC1CCCC/C1=N\NS(=O)O. The first-order valence-electron chi connectivity index (χ1n) is 7.20. The molecule has 1 rings (SSSR count). The molecule has 2 N–H and O–H groups in total. The van der Waals surface area contributed by atoms with E-state index < -0.39 is 19.6 Å². The largest absolute Gasteiger partial charge is 0.416 e. The first kappa shape index (κ1) is 17.8. The Morgan fingerprint density at radius 1 is 1.45 bits per heavy atom. The third-order valence-corrected chi connectivity index (χ3v) is 9.17. The second-order valence-corrected chi connectivity index (χ2v) is 12.4. The van der Waals surface area contributed by atoms with Crippen LogP contribution in [0.2, 0.25) is 18.1 Å². The number of hydrogen-bond acceptors (Lipinski definition) is 3. The van der Waals surface area contributed by atoms with Crippen LogP contribution in [-0.4, -0.2) is 29.4 Å². The van der Waals surface area contributed by atoms with Crippen molar-refractivity contribution in [3.63, 3.8) is 0 Å². The first-order chi connectivity index (χ1) is 9.13. The molecule has 2 unspecified atom stereocenters. The van der Waals surface area contributed by atoms with E-state index in [1.807, 2.05) is 0 Å². The van der Waals surface area contributed by atoms with Crippen LogP contribution in [0.25, 0.3) is 0 Å². The highest BCUT2D eigenvalue weighted by Gasteiger charge is 2.38. The third kappa shape index (κ3) is 5.27. The van der Waals surface area contributed by atoms with E-state index in [0.717, 1.165) is 25.0 Å². The van der Waals surface area contributed by atoms with E-state index in [-0.39, 0.29) is 11.0 Å². The lowest BCUT2D eigenvalue weighted by molar-refractivity contribution is 0.245. The monoisotopic (exact) mass is 320 g/mol. The van der Waals surface area contributed by atoms with Gasteiger partial charge in [0.2, 0.25) is 0 Å². The Bertz CT molecular complexity index is 380. The van der Waals surface area contributed by atoms with E-state index in [2.05, 4.69) is 43.8 Å². The Labute approximate surface area is 126 Å². The molecule has 0 bridgehead atoms. The molecule has 0 aliphatic heterocycles. The van der Waals surface area contributed by atoms with E-state index >= 15 is 0 Å². The second kappa shape index (κ2) is 7.15. The molecule has 0 spiro atoms. The van der Waals surface area contributed by atoms with E-state index in [0.29, 0.717) is 6.61 Å². The van der Waals surface area contributed by atoms with Gasteiger partial charge >= 0.3 is 0 Å². The molecule has 0 aromatic rings. The number of rotatable bonds is 5. The lowest BCUT2D eigenvalue weighted by Gasteiger charge is -2.38. The number of hydrazone groups is 1. The predicted octanol–water partition coefficient (Wildman–Crippen LogP) is 3.28. The van der Waals surface area contributed by atoms with Crippen LogP contribution in [0.3, 0.4) is 0 Å². The molecule has 0 saturated heterocycles. The summed E-state index contributed by atoms with van der Waals surface area (Å²) in [6, 6.07) is 0. The minimum absolute atomic E-state index is 0.198. The first-order valence-corrected chi connectivity index (χ1v) is 11.2. The topological polar surface area (TPSA) is 70.9 Å². The van der Waals surface area contributed by atoms with Gasteiger partial charge in [-0.2, -0.15) is 5.10 Å². The van der Waals surface area contributed by atoms with Gasteiger partial charge in [0, 0.05) is 18.2 Å². The van der Waals surface area contributed by atoms with Crippen LogP contribution in [0.4, 0.5) is 0 Å². The van der Waals surface area contributed by atoms with Crippen molar-refractivity contribution in [1.82, 2.24) is 4.83 Å². The lowest BCUT2D eigenvalue weighted by atomic mass is 9.88. The number of nitrogens with zero attached hydrogens (tertiary/aromatic N) is 1. The quantitative estimate of drug-likeness (QED) is 0.464. The molecular weight excluding hydrogens is 292 g/mol. The van der Waals surface area contributed by atoms with Crippen molar-refractivity contribution < 1.29 is 13.2 Å². The Morgan fingerprint density at radius 2 is 2.10 bits per heavy atom. The van der Waals surface area contributed by atoms with Crippen molar-refractivity contribution in [2.75, 3.05) is 6.61 Å². The van der Waals surface area contributed by atoms with Crippen molar-refractivity contribution in [3.05, 3.63) is 0 Å². The van der Waals surface area contributed by atoms with Gasteiger partial charge < -0.3 is 4.43 Å². The van der Waals surface area contributed by atoms with Gasteiger partial charge in [-0.05, 0) is 37.4 Å². The van der Waals surface area contributed by atoms with Crippen LogP contribution in [-0.2, 0) is 15.7 Å². The van der Waals surface area contributed by atoms with Gasteiger partial charge in [0.15, 0.2) is 8.32 Å². The molecule has 1 aliphatic rings. The van der Waals surface area contributed by atoms with E-state index in [9.17, 15) is 4.21 Å². The van der Waals surface area contributed by atoms with Gasteiger partial charge in [-0.25, -0.2) is 9.04 Å². The fraction of sp³-hybridized carbons (Fsp3) is 0.923. The summed E-state index contributed by atoms with van der Waals surface area (Å²) >= 11 is -2.09. The number of hydrogen-bond donors (Lipinski definition) is 2. The van der Waals surface area contributed by atoms with Gasteiger partial charge in [-0.1, -0.05) is 27.2 Å². The molecule has 20 heavy (non-hydrogen) atoms. The average molecular weight is 321 g/mol. The second-order valence-electron chi connectivity index (χ2n) is 6.96. The maximum Gasteiger partial charge on any atom is 0.275 e. The molecular formula is C13H28N2O3SSi. The minimum Gasteiger partial charge on any atom is -0.416 e. The maximum atomic E-state index is 10.7. The Balaban J connectivity index is 2.64. The summed E-state index contributed by atoms with van der Waals surface area (Å²) in [6.07, 6.45) is 4.20. The van der Waals surface area contributed by atoms with Crippen LogP contribution in [0.1, 0.15) is 46.5 Å². The van der Waals surface area contributed by atoms with Gasteiger partial charge in [0.05, 0.1) is 0 Å². The van der Waals surface area contributed by atoms with E-state index in [1.165, 1.54) is 6.42 Å². The molecule has 0 radical (unpaired) electrons. The summed E-state index contributed by atoms with van der Waals surface area (Å²) in [5, 5.41) is 4.28. The van der Waals surface area contributed by atoms with Crippen molar-refractivity contribution in [2.24, 2.45) is 11.0 Å². The average Bonchev–Trinajstić information content (AvgIpc) is 2.33. The van der Waals surface area contributed by atoms with Crippen LogP contribution < -0.4 is 4.83 Å². The van der Waals surface area contributed by atoms with Crippen molar-refractivity contribution >= 4 is 25.3 Å². The van der Waals surface area contributed by atoms with E-state index in [1.54, 1.807) is 0 Å². The van der Waals surface area contributed by atoms with Crippen LogP contribution >= 0.6 is 0 Å². The van der Waals surface area contributed by atoms with Gasteiger partial charge in [-0.15, -0.1) is 0 Å². The highest BCUT2D eigenvalue weighted by atomic mass is 32.2. The van der Waals surface area contributed by atoms with Gasteiger partial charge in [0.25, 0.3) is 11.3 Å². The van der Waals surface area contributed by atoms with Crippen LogP contribution in [0.15, 0.2) is 5.10 Å².